The summed E-state index contributed by atoms with van der Waals surface area (Å²) in [4.78, 5) is 14.4. The van der Waals surface area contributed by atoms with Crippen LogP contribution in [0.2, 0.25) is 0 Å². The van der Waals surface area contributed by atoms with E-state index in [1.165, 1.54) is 12.1 Å². The predicted molar refractivity (Wildman–Crippen MR) is 108 cm³/mol. The molecule has 0 saturated carbocycles. The molecule has 0 aliphatic rings. The Hall–Kier alpha value is -2.60. The van der Waals surface area contributed by atoms with Gasteiger partial charge in [0.1, 0.15) is 12.4 Å². The Morgan fingerprint density at radius 1 is 1.07 bits per heavy atom. The van der Waals surface area contributed by atoms with E-state index in [4.69, 9.17) is 9.47 Å². The number of hydrogen-bond acceptors (Lipinski definition) is 4. The molecular formula is C22H29FN2O3. The van der Waals surface area contributed by atoms with E-state index in [-0.39, 0.29) is 18.1 Å². The van der Waals surface area contributed by atoms with Crippen molar-refractivity contribution in [2.75, 3.05) is 33.4 Å². The van der Waals surface area contributed by atoms with Crippen molar-refractivity contribution in [1.82, 2.24) is 10.2 Å². The van der Waals surface area contributed by atoms with Crippen molar-refractivity contribution < 1.29 is 18.7 Å². The number of hydrogen-bond donors (Lipinski definition) is 1. The lowest BCUT2D eigenvalue weighted by Gasteiger charge is -2.19. The third kappa shape index (κ3) is 6.85. The second-order valence-corrected chi connectivity index (χ2v) is 6.44. The Labute approximate surface area is 166 Å². The summed E-state index contributed by atoms with van der Waals surface area (Å²) in [5.41, 5.74) is 1.55. The summed E-state index contributed by atoms with van der Waals surface area (Å²) < 4.78 is 24.5. The SMILES string of the molecule is CCN(CC)CCOc1ccc(CNC(=O)Cc2cccc(F)c2)cc1OC. The highest BCUT2D eigenvalue weighted by Crippen LogP contribution is 2.28. The zero-order chi connectivity index (χ0) is 20.4. The molecule has 0 spiro atoms. The van der Waals surface area contributed by atoms with Crippen LogP contribution in [0.15, 0.2) is 42.5 Å². The van der Waals surface area contributed by atoms with Crippen LogP contribution in [0.4, 0.5) is 4.39 Å². The minimum absolute atomic E-state index is 0.140. The first-order valence-electron chi connectivity index (χ1n) is 9.58. The first-order valence-corrected chi connectivity index (χ1v) is 9.58. The fraction of sp³-hybridized carbons (Fsp3) is 0.409. The standard InChI is InChI=1S/C22H29FN2O3/c1-4-25(5-2)11-12-28-20-10-9-18(14-21(20)27-3)16-24-22(26)15-17-7-6-8-19(23)13-17/h6-10,13-14H,4-5,11-12,15-16H2,1-3H3,(H,24,26). The van der Waals surface area contributed by atoms with Crippen LogP contribution >= 0.6 is 0 Å². The molecule has 2 rings (SSSR count). The maximum atomic E-state index is 13.2. The van der Waals surface area contributed by atoms with Gasteiger partial charge in [-0.05, 0) is 48.5 Å². The van der Waals surface area contributed by atoms with Crippen LogP contribution in [0.25, 0.3) is 0 Å². The normalized spacial score (nSPS) is 10.8. The van der Waals surface area contributed by atoms with Crippen LogP contribution < -0.4 is 14.8 Å². The molecule has 0 fully saturated rings. The fourth-order valence-electron chi connectivity index (χ4n) is 2.86. The molecular weight excluding hydrogens is 359 g/mol. The number of nitrogens with one attached hydrogen (secondary N) is 1. The Kier molecular flexibility index (Phi) is 8.75. The van der Waals surface area contributed by atoms with E-state index in [1.54, 1.807) is 19.2 Å². The van der Waals surface area contributed by atoms with E-state index < -0.39 is 0 Å². The quantitative estimate of drug-likeness (QED) is 0.641. The molecule has 6 heteroatoms. The summed E-state index contributed by atoms with van der Waals surface area (Å²) in [5, 5.41) is 2.85. The van der Waals surface area contributed by atoms with E-state index in [2.05, 4.69) is 24.1 Å². The summed E-state index contributed by atoms with van der Waals surface area (Å²) in [6.45, 7) is 8.04. The van der Waals surface area contributed by atoms with E-state index >= 15 is 0 Å². The first-order chi connectivity index (χ1) is 13.5. The Balaban J connectivity index is 1.87. The number of halogens is 1. The number of ether oxygens (including phenoxy) is 2. The number of rotatable bonds is 11. The van der Waals surface area contributed by atoms with Gasteiger partial charge in [-0.15, -0.1) is 0 Å². The van der Waals surface area contributed by atoms with Crippen LogP contribution in [0, 0.1) is 5.82 Å². The van der Waals surface area contributed by atoms with Crippen molar-refractivity contribution in [2.45, 2.75) is 26.8 Å². The highest BCUT2D eigenvalue weighted by Gasteiger charge is 2.09. The van der Waals surface area contributed by atoms with Gasteiger partial charge in [0, 0.05) is 13.1 Å². The molecule has 2 aromatic rings. The highest BCUT2D eigenvalue weighted by atomic mass is 19.1. The van der Waals surface area contributed by atoms with Crippen molar-refractivity contribution in [3.63, 3.8) is 0 Å². The number of methoxy groups -OCH3 is 1. The third-order valence-electron chi connectivity index (χ3n) is 4.53. The molecule has 28 heavy (non-hydrogen) atoms. The van der Waals surface area contributed by atoms with Crippen LogP contribution in [0.1, 0.15) is 25.0 Å². The average Bonchev–Trinajstić information content (AvgIpc) is 2.70. The largest absolute Gasteiger partial charge is 0.493 e. The van der Waals surface area contributed by atoms with E-state index in [0.717, 1.165) is 25.2 Å². The van der Waals surface area contributed by atoms with Crippen molar-refractivity contribution in [2.24, 2.45) is 0 Å². The molecule has 0 atom stereocenters. The van der Waals surface area contributed by atoms with Crippen molar-refractivity contribution >= 4 is 5.91 Å². The fourth-order valence-corrected chi connectivity index (χ4v) is 2.86. The number of nitrogens with zero attached hydrogens (tertiary/aromatic N) is 1. The maximum absolute atomic E-state index is 13.2. The lowest BCUT2D eigenvalue weighted by Crippen LogP contribution is -2.28. The Morgan fingerprint density at radius 3 is 2.54 bits per heavy atom. The average molecular weight is 388 g/mol. The molecule has 0 aliphatic heterocycles. The molecule has 0 bridgehead atoms. The molecule has 152 valence electrons. The topological polar surface area (TPSA) is 50.8 Å². The van der Waals surface area contributed by atoms with Gasteiger partial charge in [-0.3, -0.25) is 4.79 Å². The summed E-state index contributed by atoms with van der Waals surface area (Å²) in [6.07, 6.45) is 0.140. The van der Waals surface area contributed by atoms with E-state index in [9.17, 15) is 9.18 Å². The zero-order valence-electron chi connectivity index (χ0n) is 16.8. The molecule has 0 radical (unpaired) electrons. The van der Waals surface area contributed by atoms with Crippen molar-refractivity contribution in [3.8, 4) is 11.5 Å². The molecule has 0 saturated heterocycles. The number of carbonyl (C=O) groups is 1. The van der Waals surface area contributed by atoms with Crippen LogP contribution in [0.5, 0.6) is 11.5 Å². The van der Waals surface area contributed by atoms with Crippen molar-refractivity contribution in [3.05, 3.63) is 59.4 Å². The summed E-state index contributed by atoms with van der Waals surface area (Å²) >= 11 is 0. The minimum Gasteiger partial charge on any atom is -0.493 e. The van der Waals surface area contributed by atoms with Gasteiger partial charge in [0.2, 0.25) is 5.91 Å². The van der Waals surface area contributed by atoms with Crippen molar-refractivity contribution in [1.29, 1.82) is 0 Å². The van der Waals surface area contributed by atoms with Gasteiger partial charge in [-0.25, -0.2) is 4.39 Å². The van der Waals surface area contributed by atoms with Gasteiger partial charge in [-0.1, -0.05) is 32.0 Å². The van der Waals surface area contributed by atoms with Gasteiger partial charge in [0.15, 0.2) is 11.5 Å². The lowest BCUT2D eigenvalue weighted by atomic mass is 10.1. The highest BCUT2D eigenvalue weighted by molar-refractivity contribution is 5.78. The first kappa shape index (κ1) is 21.7. The smallest absolute Gasteiger partial charge is 0.224 e. The molecule has 2 aromatic carbocycles. The number of amides is 1. The lowest BCUT2D eigenvalue weighted by molar-refractivity contribution is -0.120. The molecule has 0 heterocycles. The number of carbonyl (C=O) groups excluding carboxylic acids is 1. The molecule has 5 nitrogen and oxygen atoms in total. The van der Waals surface area contributed by atoms with Crippen LogP contribution in [-0.2, 0) is 17.8 Å². The van der Waals surface area contributed by atoms with Crippen LogP contribution in [0.3, 0.4) is 0 Å². The number of benzene rings is 2. The predicted octanol–water partition coefficient (Wildman–Crippen LogP) is 3.41. The second-order valence-electron chi connectivity index (χ2n) is 6.44. The van der Waals surface area contributed by atoms with Gasteiger partial charge >= 0.3 is 0 Å². The summed E-state index contributed by atoms with van der Waals surface area (Å²) in [6, 6.07) is 11.7. The van der Waals surface area contributed by atoms with Gasteiger partial charge in [-0.2, -0.15) is 0 Å². The molecule has 1 N–H and O–H groups in total. The molecule has 0 aromatic heterocycles. The molecule has 1 amide bonds. The maximum Gasteiger partial charge on any atom is 0.224 e. The van der Waals surface area contributed by atoms with Gasteiger partial charge in [0.05, 0.1) is 13.5 Å². The third-order valence-corrected chi connectivity index (χ3v) is 4.53. The second kappa shape index (κ2) is 11.3. The van der Waals surface area contributed by atoms with Gasteiger partial charge in [0.25, 0.3) is 0 Å². The molecule has 0 unspecified atom stereocenters. The van der Waals surface area contributed by atoms with Crippen LogP contribution in [-0.4, -0.2) is 44.2 Å². The van der Waals surface area contributed by atoms with E-state index in [1.807, 2.05) is 18.2 Å². The van der Waals surface area contributed by atoms with Gasteiger partial charge < -0.3 is 19.7 Å². The van der Waals surface area contributed by atoms with E-state index in [0.29, 0.717) is 30.2 Å². The Morgan fingerprint density at radius 2 is 1.86 bits per heavy atom. The summed E-state index contributed by atoms with van der Waals surface area (Å²) in [5.74, 6) is 0.816. The number of likely N-dealkylation sites (N-methyl/N-ethyl adjacent to an activating group) is 1. The Bertz CT molecular complexity index is 763. The summed E-state index contributed by atoms with van der Waals surface area (Å²) in [7, 11) is 1.60. The minimum atomic E-state index is -0.341. The molecule has 0 aliphatic carbocycles. The monoisotopic (exact) mass is 388 g/mol. The zero-order valence-corrected chi connectivity index (χ0v) is 16.8.